The summed E-state index contributed by atoms with van der Waals surface area (Å²) in [6.07, 6.45) is 0.699. The zero-order chi connectivity index (χ0) is 11.1. The van der Waals surface area contributed by atoms with Crippen molar-refractivity contribution in [2.24, 2.45) is 5.11 Å². The van der Waals surface area contributed by atoms with Crippen LogP contribution >= 0.6 is 0 Å². The third-order valence-electron chi connectivity index (χ3n) is 2.01. The number of methoxy groups -OCH3 is 2. The van der Waals surface area contributed by atoms with E-state index in [4.69, 9.17) is 15.0 Å². The van der Waals surface area contributed by atoms with Crippen LogP contribution in [-0.4, -0.2) is 20.8 Å². The van der Waals surface area contributed by atoms with Crippen molar-refractivity contribution in [3.05, 3.63) is 34.2 Å². The summed E-state index contributed by atoms with van der Waals surface area (Å²) in [5, 5.41) is 3.47. The topological polar surface area (TPSA) is 67.2 Å². The van der Waals surface area contributed by atoms with E-state index < -0.39 is 0 Å². The van der Waals surface area contributed by atoms with E-state index in [1.165, 1.54) is 0 Å². The van der Waals surface area contributed by atoms with E-state index >= 15 is 0 Å². The van der Waals surface area contributed by atoms with E-state index in [0.717, 1.165) is 5.56 Å². The van der Waals surface area contributed by atoms with Crippen molar-refractivity contribution in [1.29, 1.82) is 0 Å². The molecule has 1 rings (SSSR count). The second-order valence-electron chi connectivity index (χ2n) is 2.89. The van der Waals surface area contributed by atoms with Gasteiger partial charge in [-0.3, -0.25) is 0 Å². The third-order valence-corrected chi connectivity index (χ3v) is 2.01. The Morgan fingerprint density at radius 3 is 2.60 bits per heavy atom. The first-order valence-corrected chi connectivity index (χ1v) is 4.53. The number of rotatable bonds is 5. The van der Waals surface area contributed by atoms with Gasteiger partial charge in [0, 0.05) is 11.5 Å². The van der Waals surface area contributed by atoms with Crippen LogP contribution in [0.5, 0.6) is 11.5 Å². The average molecular weight is 207 g/mol. The lowest BCUT2D eigenvalue weighted by atomic mass is 10.1. The zero-order valence-electron chi connectivity index (χ0n) is 8.80. The highest BCUT2D eigenvalue weighted by Gasteiger charge is 2.03. The SMILES string of the molecule is COc1ccc(CCN=[N+]=[N-])cc1OC. The molecule has 1 aromatic rings. The molecule has 80 valence electrons. The van der Waals surface area contributed by atoms with Gasteiger partial charge in [0.25, 0.3) is 0 Å². The first-order valence-electron chi connectivity index (χ1n) is 4.53. The molecule has 0 amide bonds. The molecule has 5 nitrogen and oxygen atoms in total. The minimum atomic E-state index is 0.450. The van der Waals surface area contributed by atoms with Crippen LogP contribution in [0, 0.1) is 0 Å². The van der Waals surface area contributed by atoms with Crippen molar-refractivity contribution < 1.29 is 9.47 Å². The van der Waals surface area contributed by atoms with Crippen LogP contribution < -0.4 is 9.47 Å². The molecular formula is C10H13N3O2. The highest BCUT2D eigenvalue weighted by atomic mass is 16.5. The first kappa shape index (κ1) is 11.2. The highest BCUT2D eigenvalue weighted by Crippen LogP contribution is 2.27. The molecule has 0 aliphatic carbocycles. The molecule has 0 atom stereocenters. The lowest BCUT2D eigenvalue weighted by Gasteiger charge is -2.08. The molecule has 0 unspecified atom stereocenters. The molecule has 0 bridgehead atoms. The molecule has 0 fully saturated rings. The van der Waals surface area contributed by atoms with E-state index in [0.29, 0.717) is 24.5 Å². The van der Waals surface area contributed by atoms with E-state index in [-0.39, 0.29) is 0 Å². The van der Waals surface area contributed by atoms with Crippen LogP contribution in [0.25, 0.3) is 10.4 Å². The summed E-state index contributed by atoms with van der Waals surface area (Å²) >= 11 is 0. The fraction of sp³-hybridized carbons (Fsp3) is 0.400. The van der Waals surface area contributed by atoms with Gasteiger partial charge in [-0.1, -0.05) is 11.2 Å². The Bertz CT molecular complexity index is 373. The molecule has 0 aromatic heterocycles. The molecule has 0 N–H and O–H groups in total. The monoisotopic (exact) mass is 207 g/mol. The van der Waals surface area contributed by atoms with Crippen molar-refractivity contribution in [2.45, 2.75) is 6.42 Å². The Morgan fingerprint density at radius 2 is 2.00 bits per heavy atom. The van der Waals surface area contributed by atoms with Crippen LogP contribution in [0.3, 0.4) is 0 Å². The van der Waals surface area contributed by atoms with Gasteiger partial charge in [-0.05, 0) is 29.6 Å². The number of hydrogen-bond donors (Lipinski definition) is 0. The second kappa shape index (κ2) is 5.78. The Kier molecular flexibility index (Phi) is 4.31. The maximum absolute atomic E-state index is 8.14. The number of hydrogen-bond acceptors (Lipinski definition) is 3. The number of ether oxygens (including phenoxy) is 2. The fourth-order valence-electron chi connectivity index (χ4n) is 1.26. The molecule has 0 spiro atoms. The van der Waals surface area contributed by atoms with Crippen molar-refractivity contribution in [2.75, 3.05) is 20.8 Å². The van der Waals surface area contributed by atoms with E-state index in [1.54, 1.807) is 14.2 Å². The Labute approximate surface area is 88.3 Å². The minimum absolute atomic E-state index is 0.450. The largest absolute Gasteiger partial charge is 0.493 e. The number of benzene rings is 1. The number of nitrogens with zero attached hydrogens (tertiary/aromatic N) is 3. The summed E-state index contributed by atoms with van der Waals surface area (Å²) in [4.78, 5) is 2.70. The normalized spacial score (nSPS) is 9.20. The van der Waals surface area contributed by atoms with Crippen LogP contribution in [0.4, 0.5) is 0 Å². The number of azide groups is 1. The quantitative estimate of drug-likeness (QED) is 0.423. The molecule has 0 saturated carbocycles. The summed E-state index contributed by atoms with van der Waals surface area (Å²) in [5.41, 5.74) is 9.20. The van der Waals surface area contributed by atoms with Crippen molar-refractivity contribution in [3.8, 4) is 11.5 Å². The summed E-state index contributed by atoms with van der Waals surface area (Å²) in [7, 11) is 3.19. The molecule has 5 heteroatoms. The molecule has 15 heavy (non-hydrogen) atoms. The third kappa shape index (κ3) is 3.07. The fourth-order valence-corrected chi connectivity index (χ4v) is 1.26. The van der Waals surface area contributed by atoms with Crippen LogP contribution in [0.1, 0.15) is 5.56 Å². The summed E-state index contributed by atoms with van der Waals surface area (Å²) in [6.45, 7) is 0.450. The van der Waals surface area contributed by atoms with Gasteiger partial charge in [0.05, 0.1) is 14.2 Å². The lowest BCUT2D eigenvalue weighted by molar-refractivity contribution is 0.354. The molecule has 0 aliphatic rings. The van der Waals surface area contributed by atoms with Gasteiger partial charge in [-0.25, -0.2) is 0 Å². The standard InChI is InChI=1S/C10H13N3O2/c1-14-9-4-3-8(5-6-12-13-11)7-10(9)15-2/h3-4,7H,5-6H2,1-2H3. The van der Waals surface area contributed by atoms with Gasteiger partial charge in [-0.15, -0.1) is 0 Å². The molecule has 0 saturated heterocycles. The molecule has 0 heterocycles. The summed E-state index contributed by atoms with van der Waals surface area (Å²) in [5.74, 6) is 1.39. The summed E-state index contributed by atoms with van der Waals surface area (Å²) in [6, 6.07) is 5.64. The van der Waals surface area contributed by atoms with Gasteiger partial charge >= 0.3 is 0 Å². The maximum Gasteiger partial charge on any atom is 0.160 e. The van der Waals surface area contributed by atoms with Gasteiger partial charge in [0.15, 0.2) is 11.5 Å². The smallest absolute Gasteiger partial charge is 0.160 e. The van der Waals surface area contributed by atoms with Gasteiger partial charge in [0.1, 0.15) is 0 Å². The van der Waals surface area contributed by atoms with E-state index in [9.17, 15) is 0 Å². The Morgan fingerprint density at radius 1 is 1.27 bits per heavy atom. The van der Waals surface area contributed by atoms with Crippen LogP contribution in [0.2, 0.25) is 0 Å². The van der Waals surface area contributed by atoms with Gasteiger partial charge < -0.3 is 9.47 Å². The van der Waals surface area contributed by atoms with Crippen molar-refractivity contribution in [1.82, 2.24) is 0 Å². The lowest BCUT2D eigenvalue weighted by Crippen LogP contribution is -1.94. The van der Waals surface area contributed by atoms with Gasteiger partial charge in [-0.2, -0.15) is 0 Å². The predicted octanol–water partition coefficient (Wildman–Crippen LogP) is 2.56. The molecule has 1 aromatic carbocycles. The molecule has 0 aliphatic heterocycles. The Balaban J connectivity index is 2.78. The van der Waals surface area contributed by atoms with Crippen LogP contribution in [-0.2, 0) is 6.42 Å². The van der Waals surface area contributed by atoms with Crippen LogP contribution in [0.15, 0.2) is 23.3 Å². The minimum Gasteiger partial charge on any atom is -0.493 e. The molecule has 0 radical (unpaired) electrons. The second-order valence-corrected chi connectivity index (χ2v) is 2.89. The van der Waals surface area contributed by atoms with Gasteiger partial charge in [0.2, 0.25) is 0 Å². The molecular weight excluding hydrogens is 194 g/mol. The van der Waals surface area contributed by atoms with Crippen molar-refractivity contribution >= 4 is 0 Å². The first-order chi connectivity index (χ1) is 7.31. The Hall–Kier alpha value is -1.87. The van der Waals surface area contributed by atoms with E-state index in [1.807, 2.05) is 18.2 Å². The van der Waals surface area contributed by atoms with Crippen molar-refractivity contribution in [3.63, 3.8) is 0 Å². The predicted molar refractivity (Wildman–Crippen MR) is 57.3 cm³/mol. The van der Waals surface area contributed by atoms with E-state index in [2.05, 4.69) is 10.0 Å². The average Bonchev–Trinajstić information content (AvgIpc) is 2.29. The summed E-state index contributed by atoms with van der Waals surface area (Å²) < 4.78 is 10.3. The highest BCUT2D eigenvalue weighted by molar-refractivity contribution is 5.42. The zero-order valence-corrected chi connectivity index (χ0v) is 8.80. The maximum atomic E-state index is 8.14.